The Balaban J connectivity index is 2.17. The first kappa shape index (κ1) is 12.9. The van der Waals surface area contributed by atoms with Gasteiger partial charge in [-0.2, -0.15) is 0 Å². The number of nitrogens with two attached hydrogens (primary N) is 1. The highest BCUT2D eigenvalue weighted by Gasteiger charge is 2.25. The van der Waals surface area contributed by atoms with Crippen molar-refractivity contribution in [3.8, 4) is 0 Å². The summed E-state index contributed by atoms with van der Waals surface area (Å²) in [5.41, 5.74) is 8.08. The summed E-state index contributed by atoms with van der Waals surface area (Å²) in [6, 6.07) is 5.56. The van der Waals surface area contributed by atoms with Gasteiger partial charge in [-0.3, -0.25) is 4.79 Å². The minimum atomic E-state index is 0.0120. The number of hydrogen-bond acceptors (Lipinski definition) is 3. The monoisotopic (exact) mass is 248 g/mol. The molecule has 0 spiro atoms. The Bertz CT molecular complexity index is 445. The lowest BCUT2D eigenvalue weighted by molar-refractivity contribution is -0.0225. The molecule has 1 atom stereocenters. The zero-order valence-electron chi connectivity index (χ0n) is 11.0. The Morgan fingerprint density at radius 1 is 1.56 bits per heavy atom. The zero-order valence-corrected chi connectivity index (χ0v) is 11.0. The van der Waals surface area contributed by atoms with Crippen LogP contribution in [-0.2, 0) is 4.74 Å². The summed E-state index contributed by atoms with van der Waals surface area (Å²) < 4.78 is 5.57. The highest BCUT2D eigenvalue weighted by atomic mass is 16.5. The molecule has 2 N–H and O–H groups in total. The third kappa shape index (κ3) is 2.64. The first-order chi connectivity index (χ1) is 8.61. The van der Waals surface area contributed by atoms with Gasteiger partial charge in [0, 0.05) is 18.8 Å². The number of nitrogen functional groups attached to an aromatic ring is 1. The number of carbonyl (C=O) groups excluding carboxylic acids is 1. The van der Waals surface area contributed by atoms with Gasteiger partial charge in [0.1, 0.15) is 0 Å². The lowest BCUT2D eigenvalue weighted by atomic mass is 10.1. The Kier molecular flexibility index (Phi) is 3.87. The molecule has 2 rings (SSSR count). The average molecular weight is 248 g/mol. The van der Waals surface area contributed by atoms with Crippen molar-refractivity contribution in [3.05, 3.63) is 29.3 Å². The number of aryl methyl sites for hydroxylation is 1. The lowest BCUT2D eigenvalue weighted by Gasteiger charge is -2.32. The van der Waals surface area contributed by atoms with E-state index < -0.39 is 0 Å². The molecule has 1 fully saturated rings. The fourth-order valence-electron chi connectivity index (χ4n) is 2.18. The summed E-state index contributed by atoms with van der Waals surface area (Å²) in [6.45, 7) is 5.94. The Morgan fingerprint density at radius 2 is 2.33 bits per heavy atom. The van der Waals surface area contributed by atoms with Gasteiger partial charge in [0.05, 0.1) is 18.3 Å². The molecule has 0 aliphatic carbocycles. The normalized spacial score (nSPS) is 19.9. The van der Waals surface area contributed by atoms with Crippen molar-refractivity contribution in [1.29, 1.82) is 0 Å². The van der Waals surface area contributed by atoms with Gasteiger partial charge in [-0.15, -0.1) is 0 Å². The van der Waals surface area contributed by atoms with Crippen molar-refractivity contribution >= 4 is 11.6 Å². The Morgan fingerprint density at radius 3 is 3.06 bits per heavy atom. The van der Waals surface area contributed by atoms with E-state index >= 15 is 0 Å². The van der Waals surface area contributed by atoms with Crippen LogP contribution in [0.2, 0.25) is 0 Å². The van der Waals surface area contributed by atoms with Crippen molar-refractivity contribution in [3.63, 3.8) is 0 Å². The lowest BCUT2D eigenvalue weighted by Crippen LogP contribution is -2.45. The van der Waals surface area contributed by atoms with Crippen LogP contribution >= 0.6 is 0 Å². The number of benzene rings is 1. The smallest absolute Gasteiger partial charge is 0.256 e. The molecule has 1 amide bonds. The van der Waals surface area contributed by atoms with E-state index in [2.05, 4.69) is 6.92 Å². The molecule has 98 valence electrons. The average Bonchev–Trinajstić information content (AvgIpc) is 2.41. The topological polar surface area (TPSA) is 55.6 Å². The second-order valence-corrected chi connectivity index (χ2v) is 4.74. The second kappa shape index (κ2) is 5.40. The van der Waals surface area contributed by atoms with E-state index in [0.717, 1.165) is 12.0 Å². The molecule has 0 bridgehead atoms. The van der Waals surface area contributed by atoms with E-state index in [1.54, 1.807) is 6.07 Å². The van der Waals surface area contributed by atoms with Gasteiger partial charge in [0.25, 0.3) is 5.91 Å². The molecular formula is C14H20N2O2. The number of nitrogens with zero attached hydrogens (tertiary/aromatic N) is 1. The van der Waals surface area contributed by atoms with Crippen LogP contribution in [0.4, 0.5) is 5.69 Å². The first-order valence-electron chi connectivity index (χ1n) is 6.38. The molecule has 0 radical (unpaired) electrons. The molecule has 1 unspecified atom stereocenters. The SMILES string of the molecule is CCC1CN(C(=O)c2cc(C)ccc2N)CCO1. The predicted molar refractivity (Wildman–Crippen MR) is 71.5 cm³/mol. The second-order valence-electron chi connectivity index (χ2n) is 4.74. The number of hydrogen-bond donors (Lipinski definition) is 1. The van der Waals surface area contributed by atoms with E-state index in [-0.39, 0.29) is 12.0 Å². The largest absolute Gasteiger partial charge is 0.398 e. The first-order valence-corrected chi connectivity index (χ1v) is 6.38. The van der Waals surface area contributed by atoms with E-state index in [0.29, 0.717) is 30.9 Å². The molecule has 18 heavy (non-hydrogen) atoms. The summed E-state index contributed by atoms with van der Waals surface area (Å²) >= 11 is 0. The van der Waals surface area contributed by atoms with Gasteiger partial charge in [-0.25, -0.2) is 0 Å². The summed E-state index contributed by atoms with van der Waals surface area (Å²) in [7, 11) is 0. The zero-order chi connectivity index (χ0) is 13.1. The molecule has 1 aliphatic rings. The van der Waals surface area contributed by atoms with Gasteiger partial charge in [0.15, 0.2) is 0 Å². The third-order valence-electron chi connectivity index (χ3n) is 3.32. The van der Waals surface area contributed by atoms with E-state index in [1.807, 2.05) is 24.0 Å². The molecule has 0 saturated carbocycles. The summed E-state index contributed by atoms with van der Waals surface area (Å²) in [4.78, 5) is 14.3. The van der Waals surface area contributed by atoms with Gasteiger partial charge in [-0.05, 0) is 25.5 Å². The number of carbonyl (C=O) groups is 1. The summed E-state index contributed by atoms with van der Waals surface area (Å²) in [5.74, 6) is 0.0120. The minimum absolute atomic E-state index is 0.0120. The number of amides is 1. The summed E-state index contributed by atoms with van der Waals surface area (Å²) in [6.07, 6.45) is 1.07. The van der Waals surface area contributed by atoms with Crippen molar-refractivity contribution in [2.45, 2.75) is 26.4 Å². The van der Waals surface area contributed by atoms with Gasteiger partial charge >= 0.3 is 0 Å². The number of rotatable bonds is 2. The van der Waals surface area contributed by atoms with Crippen LogP contribution in [0.5, 0.6) is 0 Å². The fraction of sp³-hybridized carbons (Fsp3) is 0.500. The quantitative estimate of drug-likeness (QED) is 0.812. The molecule has 1 heterocycles. The van der Waals surface area contributed by atoms with Crippen LogP contribution in [0.1, 0.15) is 29.3 Å². The van der Waals surface area contributed by atoms with Gasteiger partial charge in [-0.1, -0.05) is 18.6 Å². The molecule has 1 aliphatic heterocycles. The maximum absolute atomic E-state index is 12.4. The fourth-order valence-corrected chi connectivity index (χ4v) is 2.18. The Hall–Kier alpha value is -1.55. The van der Waals surface area contributed by atoms with Crippen LogP contribution in [0.25, 0.3) is 0 Å². The molecular weight excluding hydrogens is 228 g/mol. The molecule has 0 aromatic heterocycles. The standard InChI is InChI=1S/C14H20N2O2/c1-3-11-9-16(6-7-18-11)14(17)12-8-10(2)4-5-13(12)15/h4-5,8,11H,3,6-7,9,15H2,1-2H3. The molecule has 1 aromatic carbocycles. The molecule has 1 saturated heterocycles. The van der Waals surface area contributed by atoms with Crippen molar-refractivity contribution in [2.24, 2.45) is 0 Å². The van der Waals surface area contributed by atoms with Crippen molar-refractivity contribution in [1.82, 2.24) is 4.90 Å². The predicted octanol–water partition coefficient (Wildman–Crippen LogP) is 1.83. The van der Waals surface area contributed by atoms with Crippen molar-refractivity contribution < 1.29 is 9.53 Å². The maximum atomic E-state index is 12.4. The number of morpholine rings is 1. The van der Waals surface area contributed by atoms with Crippen LogP contribution in [0.3, 0.4) is 0 Å². The molecule has 1 aromatic rings. The van der Waals surface area contributed by atoms with Crippen LogP contribution in [0, 0.1) is 6.92 Å². The summed E-state index contributed by atoms with van der Waals surface area (Å²) in [5, 5.41) is 0. The molecule has 4 heteroatoms. The van der Waals surface area contributed by atoms with Crippen LogP contribution < -0.4 is 5.73 Å². The maximum Gasteiger partial charge on any atom is 0.256 e. The minimum Gasteiger partial charge on any atom is -0.398 e. The van der Waals surface area contributed by atoms with Crippen LogP contribution in [-0.4, -0.2) is 36.6 Å². The van der Waals surface area contributed by atoms with E-state index in [4.69, 9.17) is 10.5 Å². The highest BCUT2D eigenvalue weighted by molar-refractivity contribution is 5.99. The van der Waals surface area contributed by atoms with E-state index in [9.17, 15) is 4.79 Å². The van der Waals surface area contributed by atoms with Crippen molar-refractivity contribution in [2.75, 3.05) is 25.4 Å². The third-order valence-corrected chi connectivity index (χ3v) is 3.32. The Labute approximate surface area is 108 Å². The van der Waals surface area contributed by atoms with Gasteiger partial charge in [0.2, 0.25) is 0 Å². The van der Waals surface area contributed by atoms with Gasteiger partial charge < -0.3 is 15.4 Å². The van der Waals surface area contributed by atoms with E-state index in [1.165, 1.54) is 0 Å². The molecule has 4 nitrogen and oxygen atoms in total. The van der Waals surface area contributed by atoms with Crippen LogP contribution in [0.15, 0.2) is 18.2 Å². The number of ether oxygens (including phenoxy) is 1. The highest BCUT2D eigenvalue weighted by Crippen LogP contribution is 2.18. The number of anilines is 1.